The van der Waals surface area contributed by atoms with E-state index in [2.05, 4.69) is 5.32 Å². The molecule has 22 heavy (non-hydrogen) atoms. The fourth-order valence-corrected chi connectivity index (χ4v) is 4.94. The van der Waals surface area contributed by atoms with E-state index in [1.165, 1.54) is 12.1 Å². The van der Waals surface area contributed by atoms with Gasteiger partial charge in [0.1, 0.15) is 5.82 Å². The van der Waals surface area contributed by atoms with Gasteiger partial charge >= 0.3 is 0 Å². The minimum atomic E-state index is -3.09. The Kier molecular flexibility index (Phi) is 4.18. The molecule has 1 aromatic carbocycles. The summed E-state index contributed by atoms with van der Waals surface area (Å²) in [5.74, 6) is -0.902. The first kappa shape index (κ1) is 15.4. The molecule has 2 heterocycles. The Morgan fingerprint density at radius 2 is 2.18 bits per heavy atom. The van der Waals surface area contributed by atoms with Crippen molar-refractivity contribution in [3.63, 3.8) is 0 Å². The number of benzene rings is 1. The topological polar surface area (TPSA) is 66.5 Å². The lowest BCUT2D eigenvalue weighted by Gasteiger charge is -2.38. The average molecular weight is 326 g/mol. The first-order valence-corrected chi connectivity index (χ1v) is 9.25. The second kappa shape index (κ2) is 5.96. The minimum absolute atomic E-state index is 0.0639. The third-order valence-electron chi connectivity index (χ3n) is 4.34. The molecular formula is C15H19FN2O3S. The van der Waals surface area contributed by atoms with Crippen molar-refractivity contribution in [3.8, 4) is 0 Å². The molecule has 0 spiro atoms. The summed E-state index contributed by atoms with van der Waals surface area (Å²) in [6, 6.07) is 5.98. The van der Waals surface area contributed by atoms with Crippen LogP contribution in [0.1, 0.15) is 18.0 Å². The van der Waals surface area contributed by atoms with Gasteiger partial charge in [0.2, 0.25) is 5.91 Å². The van der Waals surface area contributed by atoms with Crippen molar-refractivity contribution in [1.82, 2.24) is 10.2 Å². The Labute approximate surface area is 129 Å². The molecule has 2 aliphatic rings. The fourth-order valence-electron chi connectivity index (χ4n) is 3.20. The van der Waals surface area contributed by atoms with Crippen LogP contribution in [0.4, 0.5) is 4.39 Å². The Morgan fingerprint density at radius 1 is 1.36 bits per heavy atom. The summed E-state index contributed by atoms with van der Waals surface area (Å²) in [5.41, 5.74) is 0.737. The number of carbonyl (C=O) groups excluding carboxylic acids is 1. The zero-order chi connectivity index (χ0) is 15.7. The number of amides is 1. The predicted molar refractivity (Wildman–Crippen MR) is 80.5 cm³/mol. The number of nitrogens with zero attached hydrogens (tertiary/aromatic N) is 1. The molecular weight excluding hydrogens is 307 g/mol. The molecule has 0 aliphatic carbocycles. The molecule has 0 radical (unpaired) electrons. The van der Waals surface area contributed by atoms with Crippen molar-refractivity contribution in [3.05, 3.63) is 35.6 Å². The molecule has 2 atom stereocenters. The molecule has 2 fully saturated rings. The molecule has 1 amide bonds. The Balaban J connectivity index is 1.82. The van der Waals surface area contributed by atoms with Crippen molar-refractivity contribution in [2.24, 2.45) is 5.92 Å². The normalized spacial score (nSPS) is 27.8. The van der Waals surface area contributed by atoms with Crippen LogP contribution < -0.4 is 5.32 Å². The van der Waals surface area contributed by atoms with E-state index in [9.17, 15) is 17.6 Å². The molecule has 0 aromatic heterocycles. The molecule has 2 unspecified atom stereocenters. The first-order chi connectivity index (χ1) is 10.5. The molecule has 2 saturated heterocycles. The lowest BCUT2D eigenvalue weighted by Crippen LogP contribution is -2.50. The van der Waals surface area contributed by atoms with Crippen LogP contribution in [0.5, 0.6) is 0 Å². The summed E-state index contributed by atoms with van der Waals surface area (Å²) in [7, 11) is -3.09. The fraction of sp³-hybridized carbons (Fsp3) is 0.533. The highest BCUT2D eigenvalue weighted by Gasteiger charge is 2.38. The van der Waals surface area contributed by atoms with Crippen LogP contribution in [0.25, 0.3) is 0 Å². The van der Waals surface area contributed by atoms with Crippen LogP contribution in [0.3, 0.4) is 0 Å². The number of hydrogen-bond donors (Lipinski definition) is 1. The largest absolute Gasteiger partial charge is 0.333 e. The van der Waals surface area contributed by atoms with Gasteiger partial charge in [-0.15, -0.1) is 0 Å². The van der Waals surface area contributed by atoms with Crippen LogP contribution >= 0.6 is 0 Å². The van der Waals surface area contributed by atoms with Gasteiger partial charge in [-0.05, 0) is 24.1 Å². The van der Waals surface area contributed by atoms with Crippen LogP contribution in [0, 0.1) is 11.7 Å². The molecule has 2 aliphatic heterocycles. The summed E-state index contributed by atoms with van der Waals surface area (Å²) >= 11 is 0. The number of rotatable bonds is 2. The number of halogens is 1. The molecule has 3 rings (SSSR count). The van der Waals surface area contributed by atoms with Crippen molar-refractivity contribution in [2.45, 2.75) is 12.5 Å². The van der Waals surface area contributed by atoms with Crippen LogP contribution in [-0.2, 0) is 14.6 Å². The van der Waals surface area contributed by atoms with E-state index >= 15 is 0 Å². The van der Waals surface area contributed by atoms with Crippen molar-refractivity contribution in [1.29, 1.82) is 0 Å². The van der Waals surface area contributed by atoms with Crippen molar-refractivity contribution in [2.75, 3.05) is 31.1 Å². The van der Waals surface area contributed by atoms with E-state index in [0.29, 0.717) is 26.1 Å². The number of hydrogen-bond acceptors (Lipinski definition) is 4. The highest BCUT2D eigenvalue weighted by Crippen LogP contribution is 2.28. The summed E-state index contributed by atoms with van der Waals surface area (Å²) in [5, 5.41) is 3.21. The van der Waals surface area contributed by atoms with Gasteiger partial charge in [0, 0.05) is 19.6 Å². The van der Waals surface area contributed by atoms with E-state index < -0.39 is 15.8 Å². The van der Waals surface area contributed by atoms with Crippen LogP contribution in [0.15, 0.2) is 24.3 Å². The summed E-state index contributed by atoms with van der Waals surface area (Å²) in [6.45, 7) is 1.72. The van der Waals surface area contributed by atoms with Gasteiger partial charge in [0.25, 0.3) is 0 Å². The first-order valence-electron chi connectivity index (χ1n) is 7.43. The van der Waals surface area contributed by atoms with Gasteiger partial charge in [-0.2, -0.15) is 0 Å². The smallest absolute Gasteiger partial charge is 0.227 e. The molecule has 5 nitrogen and oxygen atoms in total. The van der Waals surface area contributed by atoms with Gasteiger partial charge < -0.3 is 10.2 Å². The molecule has 1 N–H and O–H groups in total. The monoisotopic (exact) mass is 326 g/mol. The number of carbonyl (C=O) groups is 1. The lowest BCUT2D eigenvalue weighted by atomic mass is 10.00. The van der Waals surface area contributed by atoms with E-state index in [0.717, 1.165) is 5.56 Å². The zero-order valence-corrected chi connectivity index (χ0v) is 13.0. The van der Waals surface area contributed by atoms with E-state index in [4.69, 9.17) is 0 Å². The Morgan fingerprint density at radius 3 is 2.86 bits per heavy atom. The highest BCUT2D eigenvalue weighted by molar-refractivity contribution is 7.91. The second-order valence-corrected chi connectivity index (χ2v) is 8.14. The second-order valence-electron chi connectivity index (χ2n) is 5.91. The van der Waals surface area contributed by atoms with Crippen molar-refractivity contribution < 1.29 is 17.6 Å². The average Bonchev–Trinajstić information content (AvgIpc) is 2.87. The zero-order valence-electron chi connectivity index (χ0n) is 12.2. The lowest BCUT2D eigenvalue weighted by molar-refractivity contribution is -0.138. The molecule has 1 aromatic rings. The van der Waals surface area contributed by atoms with Gasteiger partial charge in [0.15, 0.2) is 9.84 Å². The standard InChI is InChI=1S/C15H19FN2O3S/c16-13-3-1-2-11(8-13)14-9-17-5-6-18(14)15(19)12-4-7-22(20,21)10-12/h1-3,8,12,14,17H,4-7,9-10H2. The maximum atomic E-state index is 13.4. The number of sulfone groups is 1. The molecule has 7 heteroatoms. The quantitative estimate of drug-likeness (QED) is 0.870. The van der Waals surface area contributed by atoms with Gasteiger partial charge in [-0.1, -0.05) is 12.1 Å². The third kappa shape index (κ3) is 3.15. The highest BCUT2D eigenvalue weighted by atomic mass is 32.2. The number of nitrogens with one attached hydrogen (secondary N) is 1. The third-order valence-corrected chi connectivity index (χ3v) is 6.11. The van der Waals surface area contributed by atoms with Gasteiger partial charge in [-0.25, -0.2) is 12.8 Å². The maximum Gasteiger partial charge on any atom is 0.227 e. The SMILES string of the molecule is O=C(C1CCS(=O)(=O)C1)N1CCNCC1c1cccc(F)c1. The van der Waals surface area contributed by atoms with Gasteiger partial charge in [-0.3, -0.25) is 4.79 Å². The summed E-state index contributed by atoms with van der Waals surface area (Å²) in [6.07, 6.45) is 0.390. The molecule has 120 valence electrons. The van der Waals surface area contributed by atoms with E-state index in [1.807, 2.05) is 0 Å². The maximum absolute atomic E-state index is 13.4. The predicted octanol–water partition coefficient (Wildman–Crippen LogP) is 0.733. The molecule has 0 bridgehead atoms. The van der Waals surface area contributed by atoms with Crippen molar-refractivity contribution >= 4 is 15.7 Å². The van der Waals surface area contributed by atoms with Gasteiger partial charge in [0.05, 0.1) is 23.5 Å². The molecule has 0 saturated carbocycles. The van der Waals surface area contributed by atoms with Crippen LogP contribution in [-0.4, -0.2) is 50.4 Å². The summed E-state index contributed by atoms with van der Waals surface area (Å²) in [4.78, 5) is 14.4. The number of piperazine rings is 1. The summed E-state index contributed by atoms with van der Waals surface area (Å²) < 4.78 is 36.6. The van der Waals surface area contributed by atoms with E-state index in [1.54, 1.807) is 17.0 Å². The Hall–Kier alpha value is -1.47. The Bertz CT molecular complexity index is 677. The van der Waals surface area contributed by atoms with Crippen LogP contribution in [0.2, 0.25) is 0 Å². The van der Waals surface area contributed by atoms with E-state index in [-0.39, 0.29) is 29.3 Å². The minimum Gasteiger partial charge on any atom is -0.333 e.